The van der Waals surface area contributed by atoms with Gasteiger partial charge in [-0.15, -0.1) is 0 Å². The molecule has 0 saturated carbocycles. The van der Waals surface area contributed by atoms with E-state index in [1.54, 1.807) is 41.1 Å². The number of carbonyl (C=O) groups is 2. The van der Waals surface area contributed by atoms with Crippen LogP contribution in [0.1, 0.15) is 26.5 Å². The fourth-order valence-corrected chi connectivity index (χ4v) is 3.41. The zero-order valence-corrected chi connectivity index (χ0v) is 17.5. The molecule has 9 nitrogen and oxygen atoms in total. The number of para-hydroxylation sites is 2. The molecule has 1 amide bonds. The Kier molecular flexibility index (Phi) is 6.33. The number of hydrogen-bond acceptors (Lipinski definition) is 9. The third-order valence-corrected chi connectivity index (χ3v) is 4.92. The lowest BCUT2D eigenvalue weighted by molar-refractivity contribution is 0.0463. The summed E-state index contributed by atoms with van der Waals surface area (Å²) in [6.45, 7) is -0.220. The van der Waals surface area contributed by atoms with Crippen molar-refractivity contribution in [2.24, 2.45) is 0 Å². The molecule has 0 fully saturated rings. The summed E-state index contributed by atoms with van der Waals surface area (Å²) in [6, 6.07) is 17.6. The zero-order valence-electron chi connectivity index (χ0n) is 16.7. The van der Waals surface area contributed by atoms with Crippen molar-refractivity contribution in [1.29, 1.82) is 0 Å². The highest BCUT2D eigenvalue weighted by Crippen LogP contribution is 2.19. The van der Waals surface area contributed by atoms with Crippen molar-refractivity contribution < 1.29 is 14.3 Å². The van der Waals surface area contributed by atoms with Crippen LogP contribution in [0, 0.1) is 0 Å². The van der Waals surface area contributed by atoms with E-state index in [1.165, 1.54) is 11.3 Å². The maximum absolute atomic E-state index is 12.7. The zero-order chi connectivity index (χ0) is 22.3. The van der Waals surface area contributed by atoms with E-state index in [2.05, 4.69) is 25.6 Å². The molecule has 0 aliphatic heterocycles. The quantitative estimate of drug-likeness (QED) is 0.365. The molecule has 2 aromatic heterocycles. The number of nitrogens with one attached hydrogen (secondary N) is 2. The van der Waals surface area contributed by atoms with E-state index in [4.69, 9.17) is 10.5 Å². The minimum atomic E-state index is -0.636. The molecule has 0 unspecified atom stereocenters. The average molecular weight is 446 g/mol. The number of aromatic nitrogens is 3. The summed E-state index contributed by atoms with van der Waals surface area (Å²) in [5.74, 6) is -0.536. The minimum Gasteiger partial charge on any atom is -0.454 e. The SMILES string of the molecule is Nc1nc(COC(=O)c2ccccc2NC(=O)c2ccsc2)nc(Nc2ccccc2)n1. The first kappa shape index (κ1) is 20.9. The summed E-state index contributed by atoms with van der Waals surface area (Å²) in [7, 11) is 0. The molecule has 4 rings (SSSR count). The number of thiophene rings is 1. The number of anilines is 4. The maximum atomic E-state index is 12.7. The lowest BCUT2D eigenvalue weighted by Crippen LogP contribution is -2.16. The summed E-state index contributed by atoms with van der Waals surface area (Å²) < 4.78 is 5.36. The van der Waals surface area contributed by atoms with Gasteiger partial charge in [-0.3, -0.25) is 4.79 Å². The number of esters is 1. The van der Waals surface area contributed by atoms with Crippen molar-refractivity contribution in [3.8, 4) is 0 Å². The van der Waals surface area contributed by atoms with Gasteiger partial charge in [0.1, 0.15) is 0 Å². The van der Waals surface area contributed by atoms with Crippen molar-refractivity contribution >= 4 is 46.5 Å². The second-order valence-electron chi connectivity index (χ2n) is 6.51. The first-order valence-electron chi connectivity index (χ1n) is 9.51. The van der Waals surface area contributed by atoms with E-state index < -0.39 is 5.97 Å². The molecule has 0 radical (unpaired) electrons. The molecule has 2 heterocycles. The molecular weight excluding hydrogens is 428 g/mol. The second kappa shape index (κ2) is 9.67. The maximum Gasteiger partial charge on any atom is 0.340 e. The Balaban J connectivity index is 1.44. The summed E-state index contributed by atoms with van der Waals surface area (Å²) >= 11 is 1.41. The Morgan fingerprint density at radius 1 is 0.969 bits per heavy atom. The Bertz CT molecular complexity index is 1230. The smallest absolute Gasteiger partial charge is 0.340 e. The fourth-order valence-electron chi connectivity index (χ4n) is 2.78. The normalized spacial score (nSPS) is 10.4. The van der Waals surface area contributed by atoms with Crippen LogP contribution < -0.4 is 16.4 Å². The Morgan fingerprint density at radius 3 is 2.53 bits per heavy atom. The number of nitrogens with zero attached hydrogens (tertiary/aromatic N) is 3. The van der Waals surface area contributed by atoms with Crippen molar-refractivity contribution in [1.82, 2.24) is 15.0 Å². The number of ether oxygens (including phenoxy) is 1. The van der Waals surface area contributed by atoms with Gasteiger partial charge in [-0.25, -0.2) is 4.79 Å². The Morgan fingerprint density at radius 2 is 1.75 bits per heavy atom. The number of carbonyl (C=O) groups excluding carboxylic acids is 2. The molecule has 32 heavy (non-hydrogen) atoms. The molecule has 4 N–H and O–H groups in total. The number of rotatable bonds is 7. The van der Waals surface area contributed by atoms with E-state index in [1.807, 2.05) is 30.3 Å². The van der Waals surface area contributed by atoms with Crippen molar-refractivity contribution in [2.75, 3.05) is 16.4 Å². The number of nitrogens with two attached hydrogens (primary N) is 1. The largest absolute Gasteiger partial charge is 0.454 e. The lowest BCUT2D eigenvalue weighted by Gasteiger charge is -2.11. The van der Waals surface area contributed by atoms with Crippen molar-refractivity contribution in [3.63, 3.8) is 0 Å². The molecule has 160 valence electrons. The first-order chi connectivity index (χ1) is 15.6. The summed E-state index contributed by atoms with van der Waals surface area (Å²) in [6.07, 6.45) is 0. The monoisotopic (exact) mass is 446 g/mol. The number of nitrogen functional groups attached to an aromatic ring is 1. The standard InChI is InChI=1S/C22H18N6O3S/c23-21-26-18(27-22(28-21)24-15-6-2-1-3-7-15)12-31-20(30)16-8-4-5-9-17(16)25-19(29)14-10-11-32-13-14/h1-11,13H,12H2,(H,25,29)(H3,23,24,26,27,28). The van der Waals surface area contributed by atoms with Gasteiger partial charge in [0.15, 0.2) is 12.4 Å². The van der Waals surface area contributed by atoms with Gasteiger partial charge in [-0.1, -0.05) is 30.3 Å². The topological polar surface area (TPSA) is 132 Å². The predicted octanol–water partition coefficient (Wildman–Crippen LogP) is 3.87. The third-order valence-electron chi connectivity index (χ3n) is 4.24. The Hall–Kier alpha value is -4.31. The van der Waals surface area contributed by atoms with Crippen LogP contribution in [0.2, 0.25) is 0 Å². The molecule has 10 heteroatoms. The summed E-state index contributed by atoms with van der Waals surface area (Å²) in [4.78, 5) is 37.3. The molecule has 0 aliphatic rings. The van der Waals surface area contributed by atoms with Crippen LogP contribution in [0.3, 0.4) is 0 Å². The lowest BCUT2D eigenvalue weighted by atomic mass is 10.1. The van der Waals surface area contributed by atoms with Crippen LogP contribution in [0.15, 0.2) is 71.4 Å². The van der Waals surface area contributed by atoms with Gasteiger partial charge in [0.2, 0.25) is 11.9 Å². The van der Waals surface area contributed by atoms with E-state index in [-0.39, 0.29) is 35.8 Å². The first-order valence-corrected chi connectivity index (χ1v) is 10.4. The fraction of sp³-hybridized carbons (Fsp3) is 0.0455. The highest BCUT2D eigenvalue weighted by Gasteiger charge is 2.16. The second-order valence-corrected chi connectivity index (χ2v) is 7.29. The third kappa shape index (κ3) is 5.24. The molecule has 4 aromatic rings. The molecule has 0 spiro atoms. The highest BCUT2D eigenvalue weighted by molar-refractivity contribution is 7.08. The minimum absolute atomic E-state index is 0.00657. The molecule has 0 atom stereocenters. The van der Waals surface area contributed by atoms with E-state index >= 15 is 0 Å². The van der Waals surface area contributed by atoms with Crippen LogP contribution in [0.5, 0.6) is 0 Å². The number of benzene rings is 2. The van der Waals surface area contributed by atoms with E-state index in [0.29, 0.717) is 11.3 Å². The van der Waals surface area contributed by atoms with Crippen LogP contribution in [0.4, 0.5) is 23.3 Å². The van der Waals surface area contributed by atoms with Gasteiger partial charge in [-0.05, 0) is 35.7 Å². The van der Waals surface area contributed by atoms with Gasteiger partial charge < -0.3 is 21.1 Å². The summed E-state index contributed by atoms with van der Waals surface area (Å²) in [5, 5.41) is 9.28. The number of amides is 1. The predicted molar refractivity (Wildman–Crippen MR) is 122 cm³/mol. The van der Waals surface area contributed by atoms with Gasteiger partial charge in [-0.2, -0.15) is 26.3 Å². The van der Waals surface area contributed by atoms with Crippen molar-refractivity contribution in [3.05, 3.63) is 88.4 Å². The van der Waals surface area contributed by atoms with Gasteiger partial charge in [0.05, 0.1) is 16.8 Å². The molecule has 2 aromatic carbocycles. The molecule has 0 bridgehead atoms. The summed E-state index contributed by atoms with van der Waals surface area (Å²) in [5.41, 5.74) is 7.60. The van der Waals surface area contributed by atoms with Crippen molar-refractivity contribution in [2.45, 2.75) is 6.61 Å². The highest BCUT2D eigenvalue weighted by atomic mass is 32.1. The van der Waals surface area contributed by atoms with Crippen LogP contribution in [-0.4, -0.2) is 26.8 Å². The van der Waals surface area contributed by atoms with Gasteiger partial charge >= 0.3 is 5.97 Å². The van der Waals surface area contributed by atoms with Crippen LogP contribution in [0.25, 0.3) is 0 Å². The number of hydrogen-bond donors (Lipinski definition) is 3. The van der Waals surface area contributed by atoms with Crippen LogP contribution >= 0.6 is 11.3 Å². The molecular formula is C22H18N6O3S. The van der Waals surface area contributed by atoms with Crippen LogP contribution in [-0.2, 0) is 11.3 Å². The van der Waals surface area contributed by atoms with Gasteiger partial charge in [0, 0.05) is 11.1 Å². The van der Waals surface area contributed by atoms with E-state index in [9.17, 15) is 9.59 Å². The molecule has 0 saturated heterocycles. The average Bonchev–Trinajstić information content (AvgIpc) is 3.33. The molecule has 0 aliphatic carbocycles. The van der Waals surface area contributed by atoms with Gasteiger partial charge in [0.25, 0.3) is 5.91 Å². The van der Waals surface area contributed by atoms with E-state index in [0.717, 1.165) is 5.69 Å². The Labute approximate surface area is 187 Å².